The van der Waals surface area contributed by atoms with E-state index in [4.69, 9.17) is 10.2 Å². The van der Waals surface area contributed by atoms with Crippen LogP contribution in [0.25, 0.3) is 0 Å². The van der Waals surface area contributed by atoms with Crippen LogP contribution in [0, 0.1) is 0 Å². The van der Waals surface area contributed by atoms with Crippen LogP contribution in [-0.2, 0) is 6.42 Å². The van der Waals surface area contributed by atoms with Gasteiger partial charge in [0.2, 0.25) is 0 Å². The summed E-state index contributed by atoms with van der Waals surface area (Å²) in [6, 6.07) is 10.4. The molecule has 0 amide bonds. The van der Waals surface area contributed by atoms with Crippen LogP contribution in [0.2, 0.25) is 0 Å². The highest BCUT2D eigenvalue weighted by atomic mass is 16.3. The highest BCUT2D eigenvalue weighted by Gasteiger charge is 2.23. The molecular weight excluding hydrogens is 270 g/mol. The fraction of sp³-hybridized carbons (Fsp3) is 0.625. The number of hydrogen-bond donors (Lipinski definition) is 5. The van der Waals surface area contributed by atoms with Crippen LogP contribution < -0.4 is 4.90 Å². The molecule has 0 unspecified atom stereocenters. The Bertz CT molecular complexity index is 362. The van der Waals surface area contributed by atoms with Crippen molar-refractivity contribution in [1.82, 2.24) is 0 Å². The highest BCUT2D eigenvalue weighted by Crippen LogP contribution is 2.03. The topological polar surface area (TPSA) is 85.4 Å². The lowest BCUT2D eigenvalue weighted by Gasteiger charge is -2.29. The van der Waals surface area contributed by atoms with Gasteiger partial charge in [0.15, 0.2) is 0 Å². The Morgan fingerprint density at radius 3 is 1.95 bits per heavy atom. The predicted octanol–water partition coefficient (Wildman–Crippen LogP) is -1.40. The first-order valence-electron chi connectivity index (χ1n) is 7.53. The van der Waals surface area contributed by atoms with Gasteiger partial charge in [0.1, 0.15) is 25.3 Å². The molecule has 0 aliphatic heterocycles. The van der Waals surface area contributed by atoms with Gasteiger partial charge in [-0.2, -0.15) is 0 Å². The van der Waals surface area contributed by atoms with Crippen molar-refractivity contribution in [3.63, 3.8) is 0 Å². The summed E-state index contributed by atoms with van der Waals surface area (Å²) < 4.78 is 0. The molecule has 5 N–H and O–H groups in total. The summed E-state index contributed by atoms with van der Waals surface area (Å²) in [6.45, 7) is 2.22. The van der Waals surface area contributed by atoms with Crippen LogP contribution in [0.3, 0.4) is 0 Å². The molecule has 0 saturated carbocycles. The van der Waals surface area contributed by atoms with Crippen LogP contribution in [0.5, 0.6) is 0 Å². The van der Waals surface area contributed by atoms with Crippen molar-refractivity contribution in [2.24, 2.45) is 0 Å². The average Bonchev–Trinajstić information content (AvgIpc) is 2.52. The zero-order chi connectivity index (χ0) is 15.7. The molecule has 0 aliphatic carbocycles. The van der Waals surface area contributed by atoms with Crippen molar-refractivity contribution in [2.45, 2.75) is 38.0 Å². The number of aliphatic hydroxyl groups is 4. The third kappa shape index (κ3) is 7.02. The minimum absolute atomic E-state index is 0.215. The monoisotopic (exact) mass is 298 g/mol. The predicted molar refractivity (Wildman–Crippen MR) is 81.1 cm³/mol. The van der Waals surface area contributed by atoms with E-state index in [0.29, 0.717) is 13.1 Å². The van der Waals surface area contributed by atoms with E-state index in [1.807, 2.05) is 18.2 Å². The lowest BCUT2D eigenvalue weighted by Crippen LogP contribution is -3.17. The number of nitrogens with one attached hydrogen (secondary N) is 1. The van der Waals surface area contributed by atoms with Crippen molar-refractivity contribution < 1.29 is 25.3 Å². The van der Waals surface area contributed by atoms with Crippen molar-refractivity contribution in [3.05, 3.63) is 35.9 Å². The third-order valence-electron chi connectivity index (χ3n) is 3.82. The Morgan fingerprint density at radius 1 is 0.952 bits per heavy atom. The lowest BCUT2D eigenvalue weighted by molar-refractivity contribution is -0.929. The standard InChI is InChI=1S/C16H27NO4/c1-13(7-8-14-5-3-2-4-6-14)17(9-15(20)11-18)10-16(21)12-19/h2-6,13,15-16,18-21H,7-12H2,1H3/p+1/t13-,15-,16-/m0/s1. The van der Waals surface area contributed by atoms with E-state index in [0.717, 1.165) is 17.7 Å². The maximum atomic E-state index is 9.63. The zero-order valence-corrected chi connectivity index (χ0v) is 12.7. The number of rotatable bonds is 10. The molecule has 0 heterocycles. The largest absolute Gasteiger partial charge is 0.393 e. The van der Waals surface area contributed by atoms with E-state index < -0.39 is 12.2 Å². The third-order valence-corrected chi connectivity index (χ3v) is 3.82. The van der Waals surface area contributed by atoms with Crippen LogP contribution >= 0.6 is 0 Å². The molecule has 5 nitrogen and oxygen atoms in total. The van der Waals surface area contributed by atoms with Gasteiger partial charge >= 0.3 is 0 Å². The second-order valence-electron chi connectivity index (χ2n) is 5.66. The highest BCUT2D eigenvalue weighted by molar-refractivity contribution is 5.14. The Morgan fingerprint density at radius 2 is 1.48 bits per heavy atom. The van der Waals surface area contributed by atoms with Gasteiger partial charge in [0, 0.05) is 6.42 Å². The maximum absolute atomic E-state index is 9.63. The van der Waals surface area contributed by atoms with E-state index in [1.54, 1.807) is 0 Å². The molecule has 0 fully saturated rings. The van der Waals surface area contributed by atoms with Crippen molar-refractivity contribution >= 4 is 0 Å². The first-order chi connectivity index (χ1) is 10.1. The normalized spacial score (nSPS) is 15.9. The van der Waals surface area contributed by atoms with Gasteiger partial charge in [-0.25, -0.2) is 0 Å². The summed E-state index contributed by atoms with van der Waals surface area (Å²) in [5.41, 5.74) is 1.26. The molecule has 0 aliphatic rings. The van der Waals surface area contributed by atoms with E-state index in [2.05, 4.69) is 19.1 Å². The molecule has 21 heavy (non-hydrogen) atoms. The quantitative estimate of drug-likeness (QED) is 0.368. The van der Waals surface area contributed by atoms with E-state index in [9.17, 15) is 10.2 Å². The van der Waals surface area contributed by atoms with Gasteiger partial charge < -0.3 is 25.3 Å². The molecule has 5 heteroatoms. The fourth-order valence-electron chi connectivity index (χ4n) is 2.45. The van der Waals surface area contributed by atoms with Crippen LogP contribution in [0.4, 0.5) is 0 Å². The van der Waals surface area contributed by atoms with Gasteiger partial charge in [0.25, 0.3) is 0 Å². The smallest absolute Gasteiger partial charge is 0.126 e. The van der Waals surface area contributed by atoms with E-state index in [1.165, 1.54) is 5.56 Å². The van der Waals surface area contributed by atoms with Gasteiger partial charge in [-0.05, 0) is 18.9 Å². The van der Waals surface area contributed by atoms with Gasteiger partial charge in [-0.15, -0.1) is 0 Å². The van der Waals surface area contributed by atoms with Crippen molar-refractivity contribution in [1.29, 1.82) is 0 Å². The van der Waals surface area contributed by atoms with Crippen LogP contribution in [0.1, 0.15) is 18.9 Å². The Labute approximate surface area is 126 Å². The SMILES string of the molecule is C[C@@H](CCc1ccccc1)[NH+](C[C@H](O)CO)C[C@H](O)CO. The number of hydrogen-bond acceptors (Lipinski definition) is 4. The molecule has 0 bridgehead atoms. The second kappa shape index (κ2) is 9.87. The minimum atomic E-state index is -0.801. The molecular formula is C16H28NO4+. The molecule has 1 aromatic rings. The molecule has 120 valence electrons. The van der Waals surface area contributed by atoms with Crippen molar-refractivity contribution in [3.8, 4) is 0 Å². The molecule has 1 aromatic carbocycles. The molecule has 0 aromatic heterocycles. The minimum Gasteiger partial charge on any atom is -0.393 e. The maximum Gasteiger partial charge on any atom is 0.126 e. The second-order valence-corrected chi connectivity index (χ2v) is 5.66. The molecule has 0 spiro atoms. The van der Waals surface area contributed by atoms with Gasteiger partial charge in [-0.1, -0.05) is 30.3 Å². The summed E-state index contributed by atoms with van der Waals surface area (Å²) in [6.07, 6.45) is 0.237. The van der Waals surface area contributed by atoms with E-state index >= 15 is 0 Å². The molecule has 0 saturated heterocycles. The Hall–Kier alpha value is -0.980. The lowest BCUT2D eigenvalue weighted by atomic mass is 10.0. The first-order valence-corrected chi connectivity index (χ1v) is 7.53. The number of benzene rings is 1. The molecule has 3 atom stereocenters. The molecule has 1 rings (SSSR count). The Balaban J connectivity index is 2.54. The summed E-state index contributed by atoms with van der Waals surface area (Å²) in [5, 5.41) is 37.2. The number of aryl methyl sites for hydroxylation is 1. The number of quaternary nitrogens is 1. The van der Waals surface area contributed by atoms with Gasteiger partial charge in [-0.3, -0.25) is 0 Å². The molecule has 0 radical (unpaired) electrons. The zero-order valence-electron chi connectivity index (χ0n) is 12.7. The first kappa shape index (κ1) is 18.1. The van der Waals surface area contributed by atoms with E-state index in [-0.39, 0.29) is 19.3 Å². The Kier molecular flexibility index (Phi) is 8.49. The summed E-state index contributed by atoms with van der Waals surface area (Å²) in [4.78, 5) is 0.994. The van der Waals surface area contributed by atoms with Crippen molar-refractivity contribution in [2.75, 3.05) is 26.3 Å². The summed E-state index contributed by atoms with van der Waals surface area (Å²) in [7, 11) is 0. The number of aliphatic hydroxyl groups excluding tert-OH is 4. The summed E-state index contributed by atoms with van der Waals surface area (Å²) >= 11 is 0. The van der Waals surface area contributed by atoms with Gasteiger partial charge in [0.05, 0.1) is 19.3 Å². The summed E-state index contributed by atoms with van der Waals surface area (Å²) in [5.74, 6) is 0. The average molecular weight is 298 g/mol. The van der Waals surface area contributed by atoms with Crippen LogP contribution in [0.15, 0.2) is 30.3 Å². The van der Waals surface area contributed by atoms with Crippen LogP contribution in [-0.4, -0.2) is 65.0 Å². The fourth-order valence-corrected chi connectivity index (χ4v) is 2.45.